The third-order valence-electron chi connectivity index (χ3n) is 1.79. The van der Waals surface area contributed by atoms with E-state index in [4.69, 9.17) is 0 Å². The molecule has 2 rings (SSSR count). The average molecular weight is 175 g/mol. The average Bonchev–Trinajstić information content (AvgIpc) is 2.53. The SMILES string of the molecule is O=C1CN=C(Cc2cccnc2)N1. The summed E-state index contributed by atoms with van der Waals surface area (Å²) in [4.78, 5) is 18.8. The van der Waals surface area contributed by atoms with Gasteiger partial charge >= 0.3 is 0 Å². The molecule has 0 saturated carbocycles. The van der Waals surface area contributed by atoms with Crippen molar-refractivity contribution in [3.63, 3.8) is 0 Å². The van der Waals surface area contributed by atoms with E-state index in [1.165, 1.54) is 0 Å². The first kappa shape index (κ1) is 7.91. The van der Waals surface area contributed by atoms with Gasteiger partial charge in [-0.15, -0.1) is 0 Å². The predicted octanol–water partition coefficient (Wildman–Crippen LogP) is 0.152. The van der Waals surface area contributed by atoms with Crippen molar-refractivity contribution in [3.05, 3.63) is 30.1 Å². The van der Waals surface area contributed by atoms with Crippen molar-refractivity contribution >= 4 is 11.7 Å². The summed E-state index contributed by atoms with van der Waals surface area (Å²) in [7, 11) is 0. The molecule has 0 fully saturated rings. The van der Waals surface area contributed by atoms with Crippen molar-refractivity contribution in [2.45, 2.75) is 6.42 Å². The molecule has 1 aromatic heterocycles. The lowest BCUT2D eigenvalue weighted by molar-refractivity contribution is -0.117. The zero-order valence-corrected chi connectivity index (χ0v) is 7.03. The molecule has 1 amide bonds. The van der Waals surface area contributed by atoms with E-state index in [1.807, 2.05) is 12.1 Å². The van der Waals surface area contributed by atoms with Gasteiger partial charge in [0.15, 0.2) is 0 Å². The van der Waals surface area contributed by atoms with E-state index in [2.05, 4.69) is 15.3 Å². The highest BCUT2D eigenvalue weighted by atomic mass is 16.2. The number of carbonyl (C=O) groups excluding carboxylic acids is 1. The molecule has 0 spiro atoms. The highest BCUT2D eigenvalue weighted by Crippen LogP contribution is 2.00. The Bertz CT molecular complexity index is 345. The van der Waals surface area contributed by atoms with Crippen molar-refractivity contribution in [2.24, 2.45) is 4.99 Å². The molecule has 0 radical (unpaired) electrons. The number of rotatable bonds is 2. The summed E-state index contributed by atoms with van der Waals surface area (Å²) in [6, 6.07) is 3.83. The summed E-state index contributed by atoms with van der Waals surface area (Å²) in [5, 5.41) is 2.69. The van der Waals surface area contributed by atoms with Gasteiger partial charge in [-0.05, 0) is 11.6 Å². The van der Waals surface area contributed by atoms with Crippen LogP contribution in [0.25, 0.3) is 0 Å². The largest absolute Gasteiger partial charge is 0.313 e. The quantitative estimate of drug-likeness (QED) is 0.695. The lowest BCUT2D eigenvalue weighted by Crippen LogP contribution is -2.25. The Kier molecular flexibility index (Phi) is 2.04. The van der Waals surface area contributed by atoms with E-state index in [1.54, 1.807) is 12.4 Å². The van der Waals surface area contributed by atoms with E-state index in [-0.39, 0.29) is 12.5 Å². The zero-order chi connectivity index (χ0) is 9.10. The van der Waals surface area contributed by atoms with E-state index in [9.17, 15) is 4.79 Å². The van der Waals surface area contributed by atoms with Gasteiger partial charge in [-0.25, -0.2) is 0 Å². The van der Waals surface area contributed by atoms with Crippen molar-refractivity contribution < 1.29 is 4.79 Å². The fourth-order valence-electron chi connectivity index (χ4n) is 1.20. The molecule has 1 aromatic rings. The predicted molar refractivity (Wildman–Crippen MR) is 48.4 cm³/mol. The number of hydrogen-bond acceptors (Lipinski definition) is 3. The standard InChI is InChI=1S/C9H9N3O/c13-9-6-11-8(12-9)4-7-2-1-3-10-5-7/h1-3,5H,4,6H2,(H,11,12,13). The second-order valence-electron chi connectivity index (χ2n) is 2.85. The van der Waals surface area contributed by atoms with Gasteiger partial charge in [0.25, 0.3) is 0 Å². The van der Waals surface area contributed by atoms with Crippen LogP contribution in [0.5, 0.6) is 0 Å². The fourth-order valence-corrected chi connectivity index (χ4v) is 1.20. The van der Waals surface area contributed by atoms with Crippen LogP contribution in [0.2, 0.25) is 0 Å². The van der Waals surface area contributed by atoms with Gasteiger partial charge in [0.1, 0.15) is 12.4 Å². The molecule has 1 aliphatic heterocycles. The van der Waals surface area contributed by atoms with Crippen LogP contribution in [0.1, 0.15) is 5.56 Å². The molecule has 13 heavy (non-hydrogen) atoms. The molecular weight excluding hydrogens is 166 g/mol. The Hall–Kier alpha value is -1.71. The van der Waals surface area contributed by atoms with E-state index in [0.717, 1.165) is 11.4 Å². The molecule has 0 bridgehead atoms. The molecule has 0 aliphatic carbocycles. The molecule has 1 N–H and O–H groups in total. The van der Waals surface area contributed by atoms with E-state index >= 15 is 0 Å². The van der Waals surface area contributed by atoms with Gasteiger partial charge in [0.2, 0.25) is 5.91 Å². The number of pyridine rings is 1. The number of carbonyl (C=O) groups is 1. The molecule has 0 unspecified atom stereocenters. The molecule has 66 valence electrons. The molecular formula is C9H9N3O. The molecule has 4 nitrogen and oxygen atoms in total. The minimum atomic E-state index is -0.0288. The van der Waals surface area contributed by atoms with Crippen molar-refractivity contribution in [1.82, 2.24) is 10.3 Å². The summed E-state index contributed by atoms with van der Waals surface area (Å²) in [5.74, 6) is 0.705. The summed E-state index contributed by atoms with van der Waals surface area (Å²) in [6.07, 6.45) is 4.14. The minimum absolute atomic E-state index is 0.0288. The van der Waals surface area contributed by atoms with Crippen molar-refractivity contribution in [1.29, 1.82) is 0 Å². The van der Waals surface area contributed by atoms with Crippen LogP contribution in [0.4, 0.5) is 0 Å². The second-order valence-corrected chi connectivity index (χ2v) is 2.85. The third kappa shape index (κ3) is 1.90. The number of nitrogens with one attached hydrogen (secondary N) is 1. The van der Waals surface area contributed by atoms with Gasteiger partial charge in [-0.3, -0.25) is 14.8 Å². The first-order valence-electron chi connectivity index (χ1n) is 4.07. The highest BCUT2D eigenvalue weighted by molar-refractivity contribution is 6.04. The molecule has 2 heterocycles. The van der Waals surface area contributed by atoms with Gasteiger partial charge in [0.05, 0.1) is 0 Å². The van der Waals surface area contributed by atoms with Crippen LogP contribution in [0, 0.1) is 0 Å². The first-order chi connectivity index (χ1) is 6.34. The number of amides is 1. The normalized spacial score (nSPS) is 15.4. The van der Waals surface area contributed by atoms with Crippen LogP contribution in [0.3, 0.4) is 0 Å². The van der Waals surface area contributed by atoms with E-state index < -0.39 is 0 Å². The summed E-state index contributed by atoms with van der Waals surface area (Å²) < 4.78 is 0. The molecule has 0 atom stereocenters. The summed E-state index contributed by atoms with van der Waals surface area (Å²) in [6.45, 7) is 0.260. The Labute approximate surface area is 75.7 Å². The maximum atomic E-state index is 10.8. The van der Waals surface area contributed by atoms with Crippen LogP contribution in [-0.4, -0.2) is 23.3 Å². The highest BCUT2D eigenvalue weighted by Gasteiger charge is 2.12. The Morgan fingerprint density at radius 2 is 2.46 bits per heavy atom. The maximum absolute atomic E-state index is 10.8. The summed E-state index contributed by atoms with van der Waals surface area (Å²) >= 11 is 0. The maximum Gasteiger partial charge on any atom is 0.247 e. The molecule has 4 heteroatoms. The van der Waals surface area contributed by atoms with E-state index in [0.29, 0.717) is 6.42 Å². The zero-order valence-electron chi connectivity index (χ0n) is 7.03. The number of aromatic nitrogens is 1. The Balaban J connectivity index is 2.04. The van der Waals surface area contributed by atoms with Gasteiger partial charge in [-0.2, -0.15) is 0 Å². The van der Waals surface area contributed by atoms with Gasteiger partial charge < -0.3 is 5.32 Å². The monoisotopic (exact) mass is 175 g/mol. The fraction of sp³-hybridized carbons (Fsp3) is 0.222. The molecule has 1 aliphatic rings. The van der Waals surface area contributed by atoms with Crippen LogP contribution in [-0.2, 0) is 11.2 Å². The third-order valence-corrected chi connectivity index (χ3v) is 1.79. The Morgan fingerprint density at radius 3 is 3.08 bits per heavy atom. The number of hydrogen-bond donors (Lipinski definition) is 1. The Morgan fingerprint density at radius 1 is 1.54 bits per heavy atom. The van der Waals surface area contributed by atoms with Crippen LogP contribution in [0.15, 0.2) is 29.5 Å². The van der Waals surface area contributed by atoms with Crippen molar-refractivity contribution in [2.75, 3.05) is 6.54 Å². The lowest BCUT2D eigenvalue weighted by atomic mass is 10.2. The van der Waals surface area contributed by atoms with Crippen LogP contribution < -0.4 is 5.32 Å². The topological polar surface area (TPSA) is 54.4 Å². The smallest absolute Gasteiger partial charge is 0.247 e. The van der Waals surface area contributed by atoms with Crippen LogP contribution >= 0.6 is 0 Å². The summed E-state index contributed by atoms with van der Waals surface area (Å²) in [5.41, 5.74) is 1.06. The minimum Gasteiger partial charge on any atom is -0.313 e. The number of aliphatic imine (C=N–C) groups is 1. The lowest BCUT2D eigenvalue weighted by Gasteiger charge is -1.99. The number of nitrogens with zero attached hydrogens (tertiary/aromatic N) is 2. The second kappa shape index (κ2) is 3.35. The van der Waals surface area contributed by atoms with Gasteiger partial charge in [-0.1, -0.05) is 6.07 Å². The number of amidine groups is 1. The molecule has 0 aromatic carbocycles. The molecule has 0 saturated heterocycles. The van der Waals surface area contributed by atoms with Crippen molar-refractivity contribution in [3.8, 4) is 0 Å². The van der Waals surface area contributed by atoms with Gasteiger partial charge in [0, 0.05) is 18.8 Å². The first-order valence-corrected chi connectivity index (χ1v) is 4.07.